The third-order valence-corrected chi connectivity index (χ3v) is 6.07. The summed E-state index contributed by atoms with van der Waals surface area (Å²) in [6.45, 7) is 6.09. The molecule has 38 heavy (non-hydrogen) atoms. The van der Waals surface area contributed by atoms with Gasteiger partial charge in [-0.3, -0.25) is 29.8 Å². The number of nitrogens with one attached hydrogen (secondary N) is 3. The molecule has 1 amide bonds. The molecule has 10 heteroatoms. The lowest BCUT2D eigenvalue weighted by Crippen LogP contribution is -2.19. The Bertz CT molecular complexity index is 1780. The van der Waals surface area contributed by atoms with Crippen LogP contribution in [0.3, 0.4) is 0 Å². The molecule has 0 bridgehead atoms. The Kier molecular flexibility index (Phi) is 5.64. The summed E-state index contributed by atoms with van der Waals surface area (Å²) in [5.41, 5.74) is 6.95. The third kappa shape index (κ3) is 4.59. The number of rotatable bonds is 5. The fourth-order valence-corrected chi connectivity index (χ4v) is 4.38. The fraction of sp³-hybridized carbons (Fsp3) is 0.179. The largest absolute Gasteiger partial charge is 0.335 e. The van der Waals surface area contributed by atoms with Gasteiger partial charge in [0.05, 0.1) is 46.5 Å². The number of aromatic nitrogens is 8. The van der Waals surface area contributed by atoms with E-state index in [1.807, 2.05) is 45.0 Å². The molecule has 0 aliphatic rings. The second-order valence-corrected chi connectivity index (χ2v) is 10.3. The molecule has 6 aromatic heterocycles. The van der Waals surface area contributed by atoms with Gasteiger partial charge in [-0.1, -0.05) is 20.8 Å². The second kappa shape index (κ2) is 9.15. The summed E-state index contributed by atoms with van der Waals surface area (Å²) in [4.78, 5) is 38.1. The van der Waals surface area contributed by atoms with Crippen molar-refractivity contribution in [3.8, 4) is 33.9 Å². The first-order chi connectivity index (χ1) is 18.3. The maximum atomic E-state index is 12.4. The van der Waals surface area contributed by atoms with Gasteiger partial charge in [0.2, 0.25) is 5.91 Å². The normalized spacial score (nSPS) is 11.8. The van der Waals surface area contributed by atoms with Crippen molar-refractivity contribution in [2.24, 2.45) is 5.41 Å². The maximum Gasteiger partial charge on any atom is 0.224 e. The Labute approximate surface area is 218 Å². The lowest BCUT2D eigenvalue weighted by molar-refractivity contribution is -0.117. The summed E-state index contributed by atoms with van der Waals surface area (Å²) in [6.07, 6.45) is 12.6. The number of nitrogens with zero attached hydrogens (tertiary/aromatic N) is 6. The minimum Gasteiger partial charge on any atom is -0.335 e. The number of H-pyrrole nitrogens is 2. The lowest BCUT2D eigenvalue weighted by atomic mass is 9.92. The van der Waals surface area contributed by atoms with Crippen LogP contribution in [0, 0.1) is 5.41 Å². The molecule has 0 saturated heterocycles. The molecule has 6 rings (SSSR count). The van der Waals surface area contributed by atoms with Crippen LogP contribution in [0.5, 0.6) is 0 Å². The molecule has 0 atom stereocenters. The Morgan fingerprint density at radius 2 is 1.74 bits per heavy atom. The lowest BCUT2D eigenvalue weighted by Gasteiger charge is -2.17. The van der Waals surface area contributed by atoms with Crippen molar-refractivity contribution in [1.29, 1.82) is 0 Å². The van der Waals surface area contributed by atoms with E-state index in [0.29, 0.717) is 29.3 Å². The van der Waals surface area contributed by atoms with E-state index >= 15 is 0 Å². The number of aromatic amines is 2. The van der Waals surface area contributed by atoms with Crippen molar-refractivity contribution in [2.45, 2.75) is 27.2 Å². The average Bonchev–Trinajstić information content (AvgIpc) is 3.51. The van der Waals surface area contributed by atoms with E-state index in [1.165, 1.54) is 0 Å². The fourth-order valence-electron chi connectivity index (χ4n) is 4.38. The van der Waals surface area contributed by atoms with E-state index in [9.17, 15) is 4.79 Å². The molecule has 3 N–H and O–H groups in total. The number of amides is 1. The first-order valence-electron chi connectivity index (χ1n) is 12.2. The first-order valence-corrected chi connectivity index (χ1v) is 12.2. The Morgan fingerprint density at radius 3 is 2.55 bits per heavy atom. The highest BCUT2D eigenvalue weighted by Crippen LogP contribution is 2.32. The van der Waals surface area contributed by atoms with Crippen LogP contribution in [0.25, 0.3) is 55.8 Å². The van der Waals surface area contributed by atoms with Crippen LogP contribution >= 0.6 is 0 Å². The molecule has 0 saturated carbocycles. The van der Waals surface area contributed by atoms with E-state index in [2.05, 4.69) is 40.4 Å². The number of carbonyl (C=O) groups excluding carboxylic acids is 1. The van der Waals surface area contributed by atoms with Gasteiger partial charge in [-0.25, -0.2) is 4.98 Å². The second-order valence-electron chi connectivity index (χ2n) is 10.3. The van der Waals surface area contributed by atoms with Gasteiger partial charge in [-0.05, 0) is 35.2 Å². The summed E-state index contributed by atoms with van der Waals surface area (Å²) >= 11 is 0. The van der Waals surface area contributed by atoms with E-state index < -0.39 is 0 Å². The van der Waals surface area contributed by atoms with E-state index in [-0.39, 0.29) is 11.3 Å². The molecule has 0 spiro atoms. The molecule has 6 heterocycles. The minimum atomic E-state index is -0.106. The number of hydrogen-bond acceptors (Lipinski definition) is 7. The topological polar surface area (TPSA) is 138 Å². The highest BCUT2D eigenvalue weighted by molar-refractivity contribution is 5.97. The Hall–Kier alpha value is -4.99. The summed E-state index contributed by atoms with van der Waals surface area (Å²) in [5, 5.41) is 11.4. The third-order valence-electron chi connectivity index (χ3n) is 6.07. The highest BCUT2D eigenvalue weighted by atomic mass is 16.1. The molecule has 0 aliphatic carbocycles. The predicted molar refractivity (Wildman–Crippen MR) is 146 cm³/mol. The van der Waals surface area contributed by atoms with Crippen LogP contribution in [0.4, 0.5) is 5.69 Å². The molecule has 0 unspecified atom stereocenters. The highest BCUT2D eigenvalue weighted by Gasteiger charge is 2.18. The average molecular weight is 504 g/mol. The smallest absolute Gasteiger partial charge is 0.224 e. The van der Waals surface area contributed by atoms with Crippen LogP contribution < -0.4 is 5.32 Å². The van der Waals surface area contributed by atoms with Gasteiger partial charge in [0, 0.05) is 47.7 Å². The van der Waals surface area contributed by atoms with E-state index in [4.69, 9.17) is 4.98 Å². The molecule has 0 aromatic carbocycles. The van der Waals surface area contributed by atoms with Crippen LogP contribution in [-0.4, -0.2) is 46.0 Å². The van der Waals surface area contributed by atoms with Crippen molar-refractivity contribution in [1.82, 2.24) is 40.1 Å². The van der Waals surface area contributed by atoms with Gasteiger partial charge in [0.25, 0.3) is 0 Å². The van der Waals surface area contributed by atoms with Crippen LogP contribution in [0.1, 0.15) is 27.2 Å². The van der Waals surface area contributed by atoms with Gasteiger partial charge in [0.15, 0.2) is 5.82 Å². The zero-order chi connectivity index (χ0) is 26.3. The summed E-state index contributed by atoms with van der Waals surface area (Å²) in [6, 6.07) is 7.68. The number of anilines is 1. The van der Waals surface area contributed by atoms with Crippen molar-refractivity contribution in [3.05, 3.63) is 67.6 Å². The summed E-state index contributed by atoms with van der Waals surface area (Å²) in [5.74, 6) is 0.565. The van der Waals surface area contributed by atoms with Crippen LogP contribution in [0.15, 0.2) is 67.6 Å². The van der Waals surface area contributed by atoms with E-state index in [0.717, 1.165) is 38.6 Å². The number of hydrogen-bond donors (Lipinski definition) is 3. The quantitative estimate of drug-likeness (QED) is 0.286. The molecule has 0 radical (unpaired) electrons. The van der Waals surface area contributed by atoms with Crippen LogP contribution in [-0.2, 0) is 4.79 Å². The van der Waals surface area contributed by atoms with Crippen molar-refractivity contribution in [2.75, 3.05) is 5.32 Å². The number of carbonyl (C=O) groups is 1. The minimum absolute atomic E-state index is 0.0532. The summed E-state index contributed by atoms with van der Waals surface area (Å²) in [7, 11) is 0. The van der Waals surface area contributed by atoms with Gasteiger partial charge >= 0.3 is 0 Å². The van der Waals surface area contributed by atoms with Gasteiger partial charge in [-0.2, -0.15) is 5.10 Å². The predicted octanol–water partition coefficient (Wildman–Crippen LogP) is 5.39. The van der Waals surface area contributed by atoms with Crippen molar-refractivity contribution in [3.63, 3.8) is 0 Å². The van der Waals surface area contributed by atoms with Crippen LogP contribution in [0.2, 0.25) is 0 Å². The zero-order valence-electron chi connectivity index (χ0n) is 21.1. The Balaban J connectivity index is 1.36. The van der Waals surface area contributed by atoms with Crippen molar-refractivity contribution < 1.29 is 4.79 Å². The molecular weight excluding hydrogens is 478 g/mol. The monoisotopic (exact) mass is 503 g/mol. The zero-order valence-corrected chi connectivity index (χ0v) is 21.1. The summed E-state index contributed by atoms with van der Waals surface area (Å²) < 4.78 is 0. The molecule has 6 aromatic rings. The number of fused-ring (bicyclic) bond motifs is 2. The Morgan fingerprint density at radius 1 is 0.921 bits per heavy atom. The maximum absolute atomic E-state index is 12.4. The molecule has 0 fully saturated rings. The first kappa shape index (κ1) is 23.4. The van der Waals surface area contributed by atoms with Gasteiger partial charge in [-0.15, -0.1) is 0 Å². The molecule has 0 aliphatic heterocycles. The van der Waals surface area contributed by atoms with E-state index in [1.54, 1.807) is 43.4 Å². The van der Waals surface area contributed by atoms with Crippen molar-refractivity contribution >= 4 is 33.5 Å². The van der Waals surface area contributed by atoms with Gasteiger partial charge < -0.3 is 10.3 Å². The molecular formula is C28H25N9O. The molecule has 10 nitrogen and oxygen atoms in total. The number of pyridine rings is 4. The molecule has 188 valence electrons. The number of imidazole rings is 1. The standard InChI is InChI=1S/C28H25N9O/c1-28(2,3)10-24(38)33-18-8-17(11-30-12-18)21-9-19-22(15-32-21)36-37-26(19)27-34-23-14-31-13-20(25(23)35-27)16-4-6-29-7-5-16/h4-9,11-15H,10H2,1-3H3,(H,33,38)(H,34,35)(H,36,37). The SMILES string of the molecule is CC(C)(C)CC(=O)Nc1cncc(-c2cc3c(-c4nc5c(-c6ccncc6)cncc5[nH]4)n[nH]c3cn2)c1. The van der Waals surface area contributed by atoms with Gasteiger partial charge in [0.1, 0.15) is 5.69 Å².